The normalized spacial score (nSPS) is 33.0. The molecule has 0 aromatic heterocycles. The Labute approximate surface area is 145 Å². The lowest BCUT2D eigenvalue weighted by atomic mass is 10.1. The smallest absolute Gasteiger partial charge is 0.166 e. The third kappa shape index (κ3) is 3.99. The van der Waals surface area contributed by atoms with E-state index in [1.165, 1.54) is 24.8 Å². The Bertz CT molecular complexity index is 509. The van der Waals surface area contributed by atoms with Crippen LogP contribution in [0.3, 0.4) is 0 Å². The Morgan fingerprint density at radius 3 is 2.67 bits per heavy atom. The van der Waals surface area contributed by atoms with E-state index in [1.54, 1.807) is 0 Å². The van der Waals surface area contributed by atoms with Crippen LogP contribution in [0.4, 0.5) is 0 Å². The summed E-state index contributed by atoms with van der Waals surface area (Å²) in [5.74, 6) is -0.477. The monoisotopic (exact) mass is 333 g/mol. The van der Waals surface area contributed by atoms with Gasteiger partial charge in [0.15, 0.2) is 5.79 Å². The van der Waals surface area contributed by atoms with Crippen molar-refractivity contribution >= 4 is 0 Å². The molecule has 1 aromatic carbocycles. The average Bonchev–Trinajstić information content (AvgIpc) is 3.05. The number of hydrogen-bond donors (Lipinski definition) is 1. The van der Waals surface area contributed by atoms with E-state index < -0.39 is 5.79 Å². The van der Waals surface area contributed by atoms with Crippen LogP contribution in [-0.2, 0) is 16.0 Å². The van der Waals surface area contributed by atoms with Gasteiger partial charge in [-0.05, 0) is 18.9 Å². The molecule has 3 rings (SSSR count). The number of fused-ring (bicyclic) bond motifs is 1. The molecular weight excluding hydrogens is 302 g/mol. The van der Waals surface area contributed by atoms with Gasteiger partial charge >= 0.3 is 0 Å². The van der Waals surface area contributed by atoms with Crippen LogP contribution < -0.4 is 0 Å². The van der Waals surface area contributed by atoms with Crippen LogP contribution in [0, 0.1) is 0 Å². The van der Waals surface area contributed by atoms with Gasteiger partial charge < -0.3 is 14.6 Å². The summed E-state index contributed by atoms with van der Waals surface area (Å²) in [5.41, 5.74) is 1.26. The third-order valence-electron chi connectivity index (χ3n) is 5.32. The minimum atomic E-state index is -0.477. The number of ether oxygens (including phenoxy) is 2. The molecule has 134 valence electrons. The molecule has 4 nitrogen and oxygen atoms in total. The first-order chi connectivity index (χ1) is 11.6. The molecule has 0 bridgehead atoms. The fourth-order valence-corrected chi connectivity index (χ4v) is 4.03. The first kappa shape index (κ1) is 17.9. The van der Waals surface area contributed by atoms with E-state index in [0.29, 0.717) is 0 Å². The van der Waals surface area contributed by atoms with Gasteiger partial charge in [0, 0.05) is 19.5 Å². The molecule has 24 heavy (non-hydrogen) atoms. The quantitative estimate of drug-likeness (QED) is 0.741. The van der Waals surface area contributed by atoms with Gasteiger partial charge in [0.25, 0.3) is 0 Å². The molecule has 1 unspecified atom stereocenters. The number of likely N-dealkylation sites (tertiary alicyclic amines) is 1. The molecule has 2 aliphatic heterocycles. The second-order valence-corrected chi connectivity index (χ2v) is 7.35. The van der Waals surface area contributed by atoms with Crippen LogP contribution in [0.25, 0.3) is 0 Å². The zero-order chi connectivity index (χ0) is 17.0. The van der Waals surface area contributed by atoms with Gasteiger partial charge in [0.05, 0.1) is 12.6 Å². The third-order valence-corrected chi connectivity index (χ3v) is 5.32. The minimum absolute atomic E-state index is 0.0186. The summed E-state index contributed by atoms with van der Waals surface area (Å²) in [6.07, 6.45) is 5.88. The van der Waals surface area contributed by atoms with E-state index in [4.69, 9.17) is 9.47 Å². The van der Waals surface area contributed by atoms with Gasteiger partial charge in [0.2, 0.25) is 0 Å². The molecule has 0 radical (unpaired) electrons. The largest absolute Gasteiger partial charge is 0.395 e. The highest BCUT2D eigenvalue weighted by molar-refractivity contribution is 5.15. The maximum absolute atomic E-state index is 9.90. The van der Waals surface area contributed by atoms with E-state index in [-0.39, 0.29) is 24.9 Å². The summed E-state index contributed by atoms with van der Waals surface area (Å²) in [7, 11) is 0. The maximum atomic E-state index is 9.90. The highest BCUT2D eigenvalue weighted by Crippen LogP contribution is 2.39. The summed E-state index contributed by atoms with van der Waals surface area (Å²) in [6.45, 7) is 6.06. The zero-order valence-electron chi connectivity index (χ0n) is 15.0. The van der Waals surface area contributed by atoms with E-state index in [2.05, 4.69) is 43.0 Å². The van der Waals surface area contributed by atoms with E-state index >= 15 is 0 Å². The van der Waals surface area contributed by atoms with Crippen molar-refractivity contribution in [3.05, 3.63) is 35.9 Å². The van der Waals surface area contributed by atoms with Crippen molar-refractivity contribution in [1.29, 1.82) is 0 Å². The van der Waals surface area contributed by atoms with Crippen LogP contribution in [0.5, 0.6) is 0 Å². The standard InChI is InChI=1S/C20H31NO3/c1-3-4-5-9-12-20(2)23-18-14-21(17(15-22)19(18)24-20)13-16-10-7-6-8-11-16/h6-8,10-11,17-19,22H,3-5,9,12-15H2,1-2H3/t17-,18-,19+,20?/m1/s1. The molecule has 1 aromatic rings. The molecule has 0 amide bonds. The Morgan fingerprint density at radius 2 is 1.96 bits per heavy atom. The molecule has 0 saturated carbocycles. The van der Waals surface area contributed by atoms with Crippen molar-refractivity contribution in [1.82, 2.24) is 4.90 Å². The Kier molecular flexibility index (Phi) is 5.93. The van der Waals surface area contributed by atoms with Gasteiger partial charge in [-0.25, -0.2) is 0 Å². The summed E-state index contributed by atoms with van der Waals surface area (Å²) in [4.78, 5) is 2.29. The molecule has 2 aliphatic rings. The summed E-state index contributed by atoms with van der Waals surface area (Å²) >= 11 is 0. The maximum Gasteiger partial charge on any atom is 0.166 e. The highest BCUT2D eigenvalue weighted by atomic mass is 16.8. The first-order valence-electron chi connectivity index (χ1n) is 9.39. The lowest BCUT2D eigenvalue weighted by Crippen LogP contribution is -2.41. The summed E-state index contributed by atoms with van der Waals surface area (Å²) < 4.78 is 12.6. The fourth-order valence-electron chi connectivity index (χ4n) is 4.03. The van der Waals surface area contributed by atoms with Crippen molar-refractivity contribution in [3.8, 4) is 0 Å². The van der Waals surface area contributed by atoms with Crippen LogP contribution >= 0.6 is 0 Å². The van der Waals surface area contributed by atoms with Crippen molar-refractivity contribution in [2.45, 2.75) is 76.5 Å². The second kappa shape index (κ2) is 7.96. The molecule has 0 spiro atoms. The zero-order valence-corrected chi connectivity index (χ0v) is 15.0. The average molecular weight is 333 g/mol. The number of aliphatic hydroxyl groups excluding tert-OH is 1. The van der Waals surface area contributed by atoms with Gasteiger partial charge in [-0.15, -0.1) is 0 Å². The molecule has 2 heterocycles. The van der Waals surface area contributed by atoms with Gasteiger partial charge in [-0.2, -0.15) is 0 Å². The Balaban J connectivity index is 1.57. The molecule has 4 heteroatoms. The lowest BCUT2D eigenvalue weighted by molar-refractivity contribution is -0.182. The Hall–Kier alpha value is -0.940. The van der Waals surface area contributed by atoms with Gasteiger partial charge in [-0.1, -0.05) is 56.5 Å². The van der Waals surface area contributed by atoms with E-state index in [9.17, 15) is 5.11 Å². The van der Waals surface area contributed by atoms with Gasteiger partial charge in [-0.3, -0.25) is 4.90 Å². The number of aliphatic hydroxyl groups is 1. The van der Waals surface area contributed by atoms with Gasteiger partial charge in [0.1, 0.15) is 12.2 Å². The lowest BCUT2D eigenvalue weighted by Gasteiger charge is -2.30. The molecule has 4 atom stereocenters. The number of hydrogen-bond acceptors (Lipinski definition) is 4. The number of nitrogens with zero attached hydrogens (tertiary/aromatic N) is 1. The number of benzene rings is 1. The van der Waals surface area contributed by atoms with Crippen LogP contribution in [0.1, 0.15) is 51.5 Å². The second-order valence-electron chi connectivity index (χ2n) is 7.35. The minimum Gasteiger partial charge on any atom is -0.395 e. The predicted octanol–water partition coefficient (Wildman–Crippen LogP) is 3.33. The van der Waals surface area contributed by atoms with Crippen molar-refractivity contribution in [2.24, 2.45) is 0 Å². The predicted molar refractivity (Wildman–Crippen MR) is 94.6 cm³/mol. The fraction of sp³-hybridized carbons (Fsp3) is 0.700. The van der Waals surface area contributed by atoms with Crippen molar-refractivity contribution in [2.75, 3.05) is 13.2 Å². The van der Waals surface area contributed by atoms with Crippen LogP contribution in [-0.4, -0.2) is 47.2 Å². The summed E-state index contributed by atoms with van der Waals surface area (Å²) in [6, 6.07) is 10.4. The Morgan fingerprint density at radius 1 is 1.17 bits per heavy atom. The molecule has 2 fully saturated rings. The van der Waals surface area contributed by atoms with Crippen LogP contribution in [0.2, 0.25) is 0 Å². The topological polar surface area (TPSA) is 41.9 Å². The molecule has 1 N–H and O–H groups in total. The van der Waals surface area contributed by atoms with E-state index in [1.807, 2.05) is 6.07 Å². The van der Waals surface area contributed by atoms with E-state index in [0.717, 1.165) is 25.9 Å². The number of rotatable bonds is 8. The highest BCUT2D eigenvalue weighted by Gasteiger charge is 2.53. The summed E-state index contributed by atoms with van der Waals surface area (Å²) in [5, 5.41) is 9.90. The van der Waals surface area contributed by atoms with Crippen molar-refractivity contribution in [3.63, 3.8) is 0 Å². The molecular formula is C20H31NO3. The molecule has 2 saturated heterocycles. The molecule has 0 aliphatic carbocycles. The SMILES string of the molecule is CCCCCCC1(C)O[C@H]2[C@@H](CO)N(Cc3ccccc3)C[C@H]2O1. The first-order valence-corrected chi connectivity index (χ1v) is 9.39. The number of unbranched alkanes of at least 4 members (excludes halogenated alkanes) is 3. The van der Waals surface area contributed by atoms with Crippen LogP contribution in [0.15, 0.2) is 30.3 Å². The van der Waals surface area contributed by atoms with Crippen molar-refractivity contribution < 1.29 is 14.6 Å².